The highest BCUT2D eigenvalue weighted by atomic mass is 16.6. The summed E-state index contributed by atoms with van der Waals surface area (Å²) in [6.45, 7) is 3.93. The van der Waals surface area contributed by atoms with Crippen molar-refractivity contribution in [3.8, 4) is 0 Å². The van der Waals surface area contributed by atoms with Crippen molar-refractivity contribution < 1.29 is 9.53 Å². The third kappa shape index (κ3) is 0.602. The Bertz CT molecular complexity index is 109. The minimum atomic E-state index is -0.0278. The molecule has 0 aromatic rings. The van der Waals surface area contributed by atoms with E-state index in [1.54, 1.807) is 0 Å². The number of hydrogen-bond donors (Lipinski definition) is 0. The number of cyclic esters (lactones) is 1. The van der Waals surface area contributed by atoms with Crippen molar-refractivity contribution in [2.24, 2.45) is 5.92 Å². The molecule has 1 rings (SSSR count). The van der Waals surface area contributed by atoms with Gasteiger partial charge in [-0.1, -0.05) is 6.92 Å². The van der Waals surface area contributed by atoms with Crippen LogP contribution in [0.15, 0.2) is 0 Å². The zero-order chi connectivity index (χ0) is 6.15. The van der Waals surface area contributed by atoms with E-state index in [0.29, 0.717) is 0 Å². The Morgan fingerprint density at radius 1 is 1.75 bits per heavy atom. The molecule has 2 nitrogen and oxygen atoms in total. The van der Waals surface area contributed by atoms with Crippen molar-refractivity contribution in [2.75, 3.05) is 0 Å². The van der Waals surface area contributed by atoms with Gasteiger partial charge in [0.05, 0.1) is 5.92 Å². The highest BCUT2D eigenvalue weighted by Gasteiger charge is 2.36. The maximum Gasteiger partial charge on any atom is 0.312 e. The van der Waals surface area contributed by atoms with Gasteiger partial charge in [-0.25, -0.2) is 0 Å². The van der Waals surface area contributed by atoms with E-state index in [-0.39, 0.29) is 18.0 Å². The molecule has 1 aliphatic heterocycles. The molecule has 1 aliphatic rings. The van der Waals surface area contributed by atoms with Gasteiger partial charge >= 0.3 is 5.97 Å². The lowest BCUT2D eigenvalue weighted by Crippen LogP contribution is -2.42. The number of carbonyl (C=O) groups excluding carboxylic acids is 1. The van der Waals surface area contributed by atoms with Gasteiger partial charge in [-0.2, -0.15) is 0 Å². The predicted molar refractivity (Wildman–Crippen MR) is 29.3 cm³/mol. The third-order valence-electron chi connectivity index (χ3n) is 1.61. The van der Waals surface area contributed by atoms with Crippen molar-refractivity contribution in [3.05, 3.63) is 0 Å². The van der Waals surface area contributed by atoms with E-state index in [1.165, 1.54) is 0 Å². The predicted octanol–water partition coefficient (Wildman–Crippen LogP) is 0.958. The van der Waals surface area contributed by atoms with Crippen molar-refractivity contribution in [2.45, 2.75) is 26.4 Å². The lowest BCUT2D eigenvalue weighted by molar-refractivity contribution is -0.182. The Balaban J connectivity index is 2.40. The number of hydrogen-bond acceptors (Lipinski definition) is 2. The summed E-state index contributed by atoms with van der Waals surface area (Å²) in [7, 11) is 0. The summed E-state index contributed by atoms with van der Waals surface area (Å²) in [5.41, 5.74) is 0. The molecule has 0 spiro atoms. The van der Waals surface area contributed by atoms with Crippen molar-refractivity contribution in [3.63, 3.8) is 0 Å². The second-order valence-electron chi connectivity index (χ2n) is 2.16. The van der Waals surface area contributed by atoms with Crippen LogP contribution in [-0.2, 0) is 9.53 Å². The molecule has 0 bridgehead atoms. The van der Waals surface area contributed by atoms with Crippen LogP contribution < -0.4 is 0 Å². The molecule has 46 valence electrons. The van der Waals surface area contributed by atoms with Crippen LogP contribution in [0.4, 0.5) is 0 Å². The van der Waals surface area contributed by atoms with E-state index < -0.39 is 0 Å². The first-order valence-electron chi connectivity index (χ1n) is 2.96. The summed E-state index contributed by atoms with van der Waals surface area (Å²) < 4.78 is 4.70. The number of esters is 1. The molecule has 0 saturated carbocycles. The van der Waals surface area contributed by atoms with Gasteiger partial charge < -0.3 is 4.74 Å². The largest absolute Gasteiger partial charge is 0.461 e. The van der Waals surface area contributed by atoms with Gasteiger partial charge in [0.1, 0.15) is 6.10 Å². The SMILES string of the molecule is CCC1C(=O)OC1C. The van der Waals surface area contributed by atoms with Gasteiger partial charge in [0.15, 0.2) is 0 Å². The van der Waals surface area contributed by atoms with E-state index in [4.69, 9.17) is 4.74 Å². The lowest BCUT2D eigenvalue weighted by Gasteiger charge is -2.31. The monoisotopic (exact) mass is 114 g/mol. The maximum absolute atomic E-state index is 10.4. The fourth-order valence-corrected chi connectivity index (χ4v) is 0.971. The quantitative estimate of drug-likeness (QED) is 0.474. The van der Waals surface area contributed by atoms with Crippen LogP contribution in [0.1, 0.15) is 20.3 Å². The van der Waals surface area contributed by atoms with Gasteiger partial charge in [0, 0.05) is 0 Å². The summed E-state index contributed by atoms with van der Waals surface area (Å²) in [6.07, 6.45) is 1.09. The second kappa shape index (κ2) is 1.77. The highest BCUT2D eigenvalue weighted by Crippen LogP contribution is 2.23. The molecule has 0 radical (unpaired) electrons. The summed E-state index contributed by atoms with van der Waals surface area (Å²) in [6, 6.07) is 0. The second-order valence-corrected chi connectivity index (χ2v) is 2.16. The fourth-order valence-electron chi connectivity index (χ4n) is 0.971. The number of carbonyl (C=O) groups is 1. The first kappa shape index (κ1) is 5.60. The fraction of sp³-hybridized carbons (Fsp3) is 0.833. The van der Waals surface area contributed by atoms with Crippen LogP contribution in [0.2, 0.25) is 0 Å². The van der Waals surface area contributed by atoms with Crippen molar-refractivity contribution >= 4 is 5.97 Å². The Kier molecular flexibility index (Phi) is 1.24. The van der Waals surface area contributed by atoms with Crippen LogP contribution in [-0.4, -0.2) is 12.1 Å². The summed E-state index contributed by atoms with van der Waals surface area (Å²) >= 11 is 0. The minimum Gasteiger partial charge on any atom is -0.461 e. The average molecular weight is 114 g/mol. The molecule has 2 heteroatoms. The molecule has 2 unspecified atom stereocenters. The molecular formula is C6H10O2. The highest BCUT2D eigenvalue weighted by molar-refractivity contribution is 5.78. The molecule has 2 atom stereocenters. The van der Waals surface area contributed by atoms with Gasteiger partial charge in [0.2, 0.25) is 0 Å². The first-order valence-corrected chi connectivity index (χ1v) is 2.96. The van der Waals surface area contributed by atoms with E-state index in [0.717, 1.165) is 6.42 Å². The minimum absolute atomic E-state index is 0.0278. The molecule has 0 aliphatic carbocycles. The Labute approximate surface area is 48.8 Å². The molecule has 1 saturated heterocycles. The van der Waals surface area contributed by atoms with Crippen LogP contribution in [0.5, 0.6) is 0 Å². The van der Waals surface area contributed by atoms with E-state index in [2.05, 4.69) is 0 Å². The van der Waals surface area contributed by atoms with Crippen molar-refractivity contribution in [1.82, 2.24) is 0 Å². The summed E-state index contributed by atoms with van der Waals surface area (Å²) in [5.74, 6) is 0.162. The van der Waals surface area contributed by atoms with Crippen LogP contribution >= 0.6 is 0 Å². The van der Waals surface area contributed by atoms with E-state index in [1.807, 2.05) is 13.8 Å². The molecule has 8 heavy (non-hydrogen) atoms. The number of ether oxygens (including phenoxy) is 1. The molecular weight excluding hydrogens is 104 g/mol. The van der Waals surface area contributed by atoms with Crippen molar-refractivity contribution in [1.29, 1.82) is 0 Å². The zero-order valence-electron chi connectivity index (χ0n) is 5.18. The normalized spacial score (nSPS) is 36.0. The van der Waals surface area contributed by atoms with Gasteiger partial charge in [-0.05, 0) is 13.3 Å². The van der Waals surface area contributed by atoms with E-state index in [9.17, 15) is 4.79 Å². The molecule has 1 heterocycles. The molecule has 0 N–H and O–H groups in total. The maximum atomic E-state index is 10.4. The lowest BCUT2D eigenvalue weighted by atomic mass is 9.96. The van der Waals surface area contributed by atoms with Crippen LogP contribution in [0, 0.1) is 5.92 Å². The van der Waals surface area contributed by atoms with Crippen LogP contribution in [0.3, 0.4) is 0 Å². The zero-order valence-corrected chi connectivity index (χ0v) is 5.18. The average Bonchev–Trinajstić information content (AvgIpc) is 1.67. The topological polar surface area (TPSA) is 26.3 Å². The summed E-state index contributed by atoms with van der Waals surface area (Å²) in [4.78, 5) is 10.4. The Morgan fingerprint density at radius 2 is 2.38 bits per heavy atom. The van der Waals surface area contributed by atoms with E-state index >= 15 is 0 Å². The first-order chi connectivity index (χ1) is 3.75. The van der Waals surface area contributed by atoms with Crippen LogP contribution in [0.25, 0.3) is 0 Å². The smallest absolute Gasteiger partial charge is 0.312 e. The third-order valence-corrected chi connectivity index (χ3v) is 1.61. The Hall–Kier alpha value is -0.530. The Morgan fingerprint density at radius 3 is 2.50 bits per heavy atom. The van der Waals surface area contributed by atoms with Gasteiger partial charge in [-0.3, -0.25) is 4.79 Å². The number of rotatable bonds is 1. The standard InChI is InChI=1S/C6H10O2/c1-3-5-4(2)8-6(5)7/h4-5H,3H2,1-2H3. The molecule has 0 aromatic heterocycles. The molecule has 0 amide bonds. The summed E-state index contributed by atoms with van der Waals surface area (Å²) in [5, 5.41) is 0. The van der Waals surface area contributed by atoms with Gasteiger partial charge in [0.25, 0.3) is 0 Å². The molecule has 1 fully saturated rings. The molecule has 0 aromatic carbocycles. The van der Waals surface area contributed by atoms with Gasteiger partial charge in [-0.15, -0.1) is 0 Å².